The first-order valence-electron chi connectivity index (χ1n) is 7.74. The van der Waals surface area contributed by atoms with Crippen molar-refractivity contribution < 1.29 is 0 Å². The van der Waals surface area contributed by atoms with Crippen LogP contribution < -0.4 is 10.6 Å². The van der Waals surface area contributed by atoms with Gasteiger partial charge in [0.25, 0.3) is 0 Å². The summed E-state index contributed by atoms with van der Waals surface area (Å²) in [6, 6.07) is 2.02. The van der Waals surface area contributed by atoms with Gasteiger partial charge in [0.2, 0.25) is 0 Å². The predicted molar refractivity (Wildman–Crippen MR) is 98.8 cm³/mol. The van der Waals surface area contributed by atoms with E-state index < -0.39 is 0 Å². The maximum Gasteiger partial charge on any atom is 0.163 e. The van der Waals surface area contributed by atoms with E-state index in [1.807, 2.05) is 44.3 Å². The molecule has 1 aliphatic carbocycles. The lowest BCUT2D eigenvalue weighted by molar-refractivity contribution is 0.965. The molecule has 1 aliphatic rings. The van der Waals surface area contributed by atoms with Crippen LogP contribution in [0.25, 0.3) is 5.57 Å². The van der Waals surface area contributed by atoms with Crippen LogP contribution in [0.2, 0.25) is 0 Å². The van der Waals surface area contributed by atoms with Crippen LogP contribution in [0.15, 0.2) is 53.7 Å². The summed E-state index contributed by atoms with van der Waals surface area (Å²) in [5.74, 6) is 2.28. The third kappa shape index (κ3) is 5.21. The van der Waals surface area contributed by atoms with Gasteiger partial charge in [0.1, 0.15) is 11.6 Å². The summed E-state index contributed by atoms with van der Waals surface area (Å²) < 4.78 is 0. The van der Waals surface area contributed by atoms with Crippen molar-refractivity contribution in [2.24, 2.45) is 4.99 Å². The van der Waals surface area contributed by atoms with Gasteiger partial charge in [-0.05, 0) is 26.3 Å². The Morgan fingerprint density at radius 3 is 2.87 bits per heavy atom. The van der Waals surface area contributed by atoms with Gasteiger partial charge in [-0.3, -0.25) is 4.99 Å². The van der Waals surface area contributed by atoms with Crippen molar-refractivity contribution in [1.82, 2.24) is 9.97 Å². The molecular weight excluding hydrogens is 286 g/mol. The first-order valence-corrected chi connectivity index (χ1v) is 7.74. The Bertz CT molecular complexity index is 668. The van der Waals surface area contributed by atoms with Crippen molar-refractivity contribution in [1.29, 1.82) is 0 Å². The normalized spacial score (nSPS) is 15.7. The van der Waals surface area contributed by atoms with Gasteiger partial charge < -0.3 is 10.6 Å². The van der Waals surface area contributed by atoms with E-state index >= 15 is 0 Å². The predicted octanol–water partition coefficient (Wildman–Crippen LogP) is 3.82. The molecule has 2 rings (SSSR count). The number of allylic oxidation sites excluding steroid dienone is 6. The average Bonchev–Trinajstić information content (AvgIpc) is 2.84. The number of anilines is 2. The maximum absolute atomic E-state index is 4.63. The lowest BCUT2D eigenvalue weighted by atomic mass is 10.2. The number of aromatic nitrogens is 2. The molecule has 23 heavy (non-hydrogen) atoms. The number of nitrogens with zero attached hydrogens (tertiary/aromatic N) is 3. The quantitative estimate of drug-likeness (QED) is 0.784. The van der Waals surface area contributed by atoms with E-state index in [1.165, 1.54) is 0 Å². The molecule has 1 atom stereocenters. The first-order chi connectivity index (χ1) is 11.2. The Labute approximate surface area is 137 Å². The number of rotatable bonds is 6. The molecule has 5 nitrogen and oxygen atoms in total. The number of hydrogen-bond acceptors (Lipinski definition) is 5. The van der Waals surface area contributed by atoms with E-state index in [1.54, 1.807) is 12.4 Å². The number of aliphatic imine (C=N–C) groups is 1. The summed E-state index contributed by atoms with van der Waals surface area (Å²) in [5, 5.41) is 6.44. The highest BCUT2D eigenvalue weighted by Gasteiger charge is 2.08. The summed E-state index contributed by atoms with van der Waals surface area (Å²) in [4.78, 5) is 13.3. The molecule has 2 N–H and O–H groups in total. The second-order valence-corrected chi connectivity index (χ2v) is 5.08. The Hall–Kier alpha value is -2.69. The maximum atomic E-state index is 4.63. The molecule has 0 unspecified atom stereocenters. The molecule has 0 aliphatic heterocycles. The highest BCUT2D eigenvalue weighted by molar-refractivity contribution is 5.72. The molecule has 0 radical (unpaired) electrons. The topological polar surface area (TPSA) is 62.2 Å². The minimum atomic E-state index is 0.117. The minimum absolute atomic E-state index is 0.117. The van der Waals surface area contributed by atoms with E-state index in [9.17, 15) is 0 Å². The zero-order valence-corrected chi connectivity index (χ0v) is 13.8. The van der Waals surface area contributed by atoms with Gasteiger partial charge in [-0.2, -0.15) is 0 Å². The smallest absolute Gasteiger partial charge is 0.163 e. The molecule has 0 saturated carbocycles. The Balaban J connectivity index is 2.23. The number of hydrogen-bond donors (Lipinski definition) is 2. The van der Waals surface area contributed by atoms with Crippen LogP contribution >= 0.6 is 0 Å². The molecule has 120 valence electrons. The summed E-state index contributed by atoms with van der Waals surface area (Å²) in [6.45, 7) is 3.94. The van der Waals surface area contributed by atoms with Crippen molar-refractivity contribution in [3.05, 3.63) is 54.5 Å². The van der Waals surface area contributed by atoms with Crippen molar-refractivity contribution in [2.75, 3.05) is 17.7 Å². The van der Waals surface area contributed by atoms with Crippen LogP contribution in [-0.4, -0.2) is 29.3 Å². The summed E-state index contributed by atoms with van der Waals surface area (Å²) in [7, 11) is 1.86. The number of nitrogens with one attached hydrogen (secondary N) is 2. The molecule has 0 spiro atoms. The van der Waals surface area contributed by atoms with Crippen LogP contribution in [0.5, 0.6) is 0 Å². The van der Waals surface area contributed by atoms with E-state index in [0.717, 1.165) is 23.6 Å². The Morgan fingerprint density at radius 2 is 2.09 bits per heavy atom. The van der Waals surface area contributed by atoms with Crippen molar-refractivity contribution in [3.63, 3.8) is 0 Å². The zero-order chi connectivity index (χ0) is 16.5. The molecule has 0 bridgehead atoms. The van der Waals surface area contributed by atoms with Gasteiger partial charge in [-0.1, -0.05) is 30.4 Å². The van der Waals surface area contributed by atoms with Crippen molar-refractivity contribution >= 4 is 23.4 Å². The Morgan fingerprint density at radius 1 is 1.26 bits per heavy atom. The van der Waals surface area contributed by atoms with Gasteiger partial charge in [0, 0.05) is 37.1 Å². The zero-order valence-electron chi connectivity index (χ0n) is 13.8. The lowest BCUT2D eigenvalue weighted by Gasteiger charge is -2.13. The van der Waals surface area contributed by atoms with Crippen LogP contribution in [0.3, 0.4) is 0 Å². The fourth-order valence-electron chi connectivity index (χ4n) is 2.07. The van der Waals surface area contributed by atoms with Crippen LogP contribution in [0.1, 0.15) is 26.1 Å². The first kappa shape index (κ1) is 16.7. The third-order valence-corrected chi connectivity index (χ3v) is 3.22. The fraction of sp³-hybridized carbons (Fsp3) is 0.278. The molecule has 1 heterocycles. The van der Waals surface area contributed by atoms with Crippen LogP contribution in [0.4, 0.5) is 11.6 Å². The van der Waals surface area contributed by atoms with Gasteiger partial charge in [-0.25, -0.2) is 9.97 Å². The van der Waals surface area contributed by atoms with Crippen molar-refractivity contribution in [2.45, 2.75) is 26.3 Å². The standard InChI is InChI=1S/C18H23N5/c1-4-20-12-11-14(2)21-17-13-16(19-3)22-18(23-17)15-9-7-5-6-8-10-15/h4-7,9-14H,8H2,1-3H3,(H2,19,21,22,23)/b12-11-,20-4-/t14-/m1/s1. The molecule has 1 aromatic rings. The second kappa shape index (κ2) is 8.68. The molecule has 1 aromatic heterocycles. The lowest BCUT2D eigenvalue weighted by Crippen LogP contribution is -2.14. The molecule has 5 heteroatoms. The molecular formula is C18H23N5. The molecule has 0 amide bonds. The second-order valence-electron chi connectivity index (χ2n) is 5.08. The summed E-state index contributed by atoms with van der Waals surface area (Å²) in [5.41, 5.74) is 1.02. The van der Waals surface area contributed by atoms with Gasteiger partial charge in [0.15, 0.2) is 5.82 Å². The molecule has 0 saturated heterocycles. The van der Waals surface area contributed by atoms with E-state index in [0.29, 0.717) is 5.82 Å². The van der Waals surface area contributed by atoms with E-state index in [4.69, 9.17) is 0 Å². The van der Waals surface area contributed by atoms with Gasteiger partial charge >= 0.3 is 0 Å². The van der Waals surface area contributed by atoms with Crippen LogP contribution in [0, 0.1) is 0 Å². The highest BCUT2D eigenvalue weighted by atomic mass is 15.1. The van der Waals surface area contributed by atoms with Crippen molar-refractivity contribution in [3.8, 4) is 0 Å². The summed E-state index contributed by atoms with van der Waals surface area (Å²) in [6.07, 6.45) is 16.7. The van der Waals surface area contributed by atoms with Gasteiger partial charge in [-0.15, -0.1) is 0 Å². The fourth-order valence-corrected chi connectivity index (χ4v) is 2.07. The minimum Gasteiger partial charge on any atom is -0.373 e. The van der Waals surface area contributed by atoms with E-state index in [-0.39, 0.29) is 6.04 Å². The Kier molecular flexibility index (Phi) is 6.29. The summed E-state index contributed by atoms with van der Waals surface area (Å²) >= 11 is 0. The highest BCUT2D eigenvalue weighted by Crippen LogP contribution is 2.20. The largest absolute Gasteiger partial charge is 0.373 e. The SMILES string of the molecule is C/C=N\C=C/[C@@H](C)Nc1cc(NC)nc(C2=CCC=CC=C2)n1. The van der Waals surface area contributed by atoms with Gasteiger partial charge in [0.05, 0.1) is 0 Å². The third-order valence-electron chi connectivity index (χ3n) is 3.22. The molecule has 0 fully saturated rings. The van der Waals surface area contributed by atoms with Crippen LogP contribution in [-0.2, 0) is 0 Å². The monoisotopic (exact) mass is 309 g/mol. The van der Waals surface area contributed by atoms with E-state index in [2.05, 4.69) is 44.7 Å². The average molecular weight is 309 g/mol. The molecule has 0 aromatic carbocycles.